The van der Waals surface area contributed by atoms with E-state index in [1.54, 1.807) is 31.2 Å². The highest BCUT2D eigenvalue weighted by atomic mass is 19.4. The number of alkyl halides is 3. The Labute approximate surface area is 184 Å². The molecular weight excluding hydrogens is 423 g/mol. The number of nitrogens with zero attached hydrogens (tertiary/aromatic N) is 2. The SMILES string of the molecule is COc1cc(C)c(C(C)NC(=O)c2cnn(-c3ccc(C)cc3)c2C(F)(F)F)cc1OC. The van der Waals surface area contributed by atoms with Crippen molar-refractivity contribution in [2.45, 2.75) is 33.0 Å². The maximum Gasteiger partial charge on any atom is 0.434 e. The lowest BCUT2D eigenvalue weighted by atomic mass is 10.0. The molecular formula is C23H24F3N3O3. The molecule has 1 N–H and O–H groups in total. The van der Waals surface area contributed by atoms with Crippen LogP contribution in [0.5, 0.6) is 11.5 Å². The zero-order valence-corrected chi connectivity index (χ0v) is 18.4. The van der Waals surface area contributed by atoms with Crippen LogP contribution in [0.2, 0.25) is 0 Å². The molecule has 1 heterocycles. The van der Waals surface area contributed by atoms with Crippen LogP contribution in [-0.4, -0.2) is 29.9 Å². The van der Waals surface area contributed by atoms with Gasteiger partial charge in [0, 0.05) is 0 Å². The molecule has 9 heteroatoms. The van der Waals surface area contributed by atoms with Crippen LogP contribution >= 0.6 is 0 Å². The number of carbonyl (C=O) groups is 1. The van der Waals surface area contributed by atoms with Crippen LogP contribution in [0.4, 0.5) is 13.2 Å². The molecule has 0 spiro atoms. The number of ether oxygens (including phenoxy) is 2. The van der Waals surface area contributed by atoms with Crippen LogP contribution in [0.15, 0.2) is 42.6 Å². The van der Waals surface area contributed by atoms with Crippen molar-refractivity contribution in [2.75, 3.05) is 14.2 Å². The van der Waals surface area contributed by atoms with Crippen LogP contribution in [0, 0.1) is 13.8 Å². The third-order valence-electron chi connectivity index (χ3n) is 5.15. The quantitative estimate of drug-likeness (QED) is 0.577. The third-order valence-corrected chi connectivity index (χ3v) is 5.15. The summed E-state index contributed by atoms with van der Waals surface area (Å²) in [6.07, 6.45) is -3.84. The summed E-state index contributed by atoms with van der Waals surface area (Å²) in [7, 11) is 2.99. The van der Waals surface area contributed by atoms with Crippen LogP contribution in [-0.2, 0) is 6.18 Å². The predicted octanol–water partition coefficient (Wildman–Crippen LogP) is 5.02. The minimum absolute atomic E-state index is 0.214. The first-order chi connectivity index (χ1) is 15.1. The van der Waals surface area contributed by atoms with Gasteiger partial charge < -0.3 is 14.8 Å². The lowest BCUT2D eigenvalue weighted by molar-refractivity contribution is -0.143. The van der Waals surface area contributed by atoms with Crippen LogP contribution < -0.4 is 14.8 Å². The Balaban J connectivity index is 1.96. The smallest absolute Gasteiger partial charge is 0.434 e. The van der Waals surface area contributed by atoms with Crippen molar-refractivity contribution in [3.8, 4) is 17.2 Å². The van der Waals surface area contributed by atoms with Gasteiger partial charge in [-0.1, -0.05) is 17.7 Å². The largest absolute Gasteiger partial charge is 0.493 e. The van der Waals surface area contributed by atoms with E-state index in [4.69, 9.17) is 9.47 Å². The van der Waals surface area contributed by atoms with Gasteiger partial charge in [0.05, 0.1) is 37.7 Å². The average molecular weight is 447 g/mol. The molecule has 0 aliphatic carbocycles. The van der Waals surface area contributed by atoms with Crippen molar-refractivity contribution in [3.63, 3.8) is 0 Å². The summed E-state index contributed by atoms with van der Waals surface area (Å²) in [6.45, 7) is 5.33. The van der Waals surface area contributed by atoms with E-state index >= 15 is 0 Å². The number of hydrogen-bond acceptors (Lipinski definition) is 4. The van der Waals surface area contributed by atoms with Crippen LogP contribution in [0.3, 0.4) is 0 Å². The van der Waals surface area contributed by atoms with Gasteiger partial charge in [0.2, 0.25) is 0 Å². The van der Waals surface area contributed by atoms with Gasteiger partial charge in [0.25, 0.3) is 5.91 Å². The van der Waals surface area contributed by atoms with E-state index in [0.717, 1.165) is 22.0 Å². The number of nitrogens with one attached hydrogen (secondary N) is 1. The topological polar surface area (TPSA) is 65.4 Å². The summed E-state index contributed by atoms with van der Waals surface area (Å²) in [6, 6.07) is 9.25. The average Bonchev–Trinajstić information content (AvgIpc) is 3.19. The molecule has 1 aromatic heterocycles. The second kappa shape index (κ2) is 8.94. The van der Waals surface area contributed by atoms with Crippen molar-refractivity contribution in [3.05, 3.63) is 70.5 Å². The van der Waals surface area contributed by atoms with Gasteiger partial charge in [-0.25, -0.2) is 4.68 Å². The van der Waals surface area contributed by atoms with Crippen molar-refractivity contribution < 1.29 is 27.4 Å². The second-order valence-electron chi connectivity index (χ2n) is 7.41. The molecule has 32 heavy (non-hydrogen) atoms. The fourth-order valence-electron chi connectivity index (χ4n) is 3.48. The number of methoxy groups -OCH3 is 2. The summed E-state index contributed by atoms with van der Waals surface area (Å²) >= 11 is 0. The Kier molecular flexibility index (Phi) is 6.47. The van der Waals surface area contributed by atoms with Gasteiger partial charge in [-0.3, -0.25) is 4.79 Å². The Morgan fingerprint density at radius 3 is 2.22 bits per heavy atom. The normalized spacial score (nSPS) is 12.4. The van der Waals surface area contributed by atoms with Crippen LogP contribution in [0.25, 0.3) is 5.69 Å². The van der Waals surface area contributed by atoms with E-state index in [2.05, 4.69) is 10.4 Å². The highest BCUT2D eigenvalue weighted by Gasteiger charge is 2.40. The number of carbonyl (C=O) groups excluding carboxylic acids is 1. The lowest BCUT2D eigenvalue weighted by Crippen LogP contribution is -2.29. The molecule has 0 radical (unpaired) electrons. The molecule has 1 amide bonds. The summed E-state index contributed by atoms with van der Waals surface area (Å²) < 4.78 is 53.0. The van der Waals surface area contributed by atoms with E-state index in [1.807, 2.05) is 13.8 Å². The molecule has 0 aliphatic heterocycles. The second-order valence-corrected chi connectivity index (χ2v) is 7.41. The van der Waals surface area contributed by atoms with Gasteiger partial charge >= 0.3 is 6.18 Å². The summed E-state index contributed by atoms with van der Waals surface area (Å²) in [5.41, 5.74) is 0.910. The number of rotatable bonds is 6. The van der Waals surface area contributed by atoms with E-state index in [-0.39, 0.29) is 5.69 Å². The first-order valence-corrected chi connectivity index (χ1v) is 9.82. The Hall–Kier alpha value is -3.49. The standard InChI is InChI=1S/C23H24F3N3O3/c1-13-6-8-16(9-7-13)29-21(23(24,25)26)18(12-27-29)22(30)28-15(3)17-11-20(32-5)19(31-4)10-14(17)2/h6-12,15H,1-5H3,(H,28,30). The number of halogens is 3. The highest BCUT2D eigenvalue weighted by molar-refractivity contribution is 5.95. The molecule has 170 valence electrons. The molecule has 1 unspecified atom stereocenters. The highest BCUT2D eigenvalue weighted by Crippen LogP contribution is 2.35. The summed E-state index contributed by atoms with van der Waals surface area (Å²) in [5, 5.41) is 6.49. The lowest BCUT2D eigenvalue weighted by Gasteiger charge is -2.19. The van der Waals surface area contributed by atoms with E-state index in [9.17, 15) is 18.0 Å². The van der Waals surface area contributed by atoms with Gasteiger partial charge in [-0.2, -0.15) is 18.3 Å². The van der Waals surface area contributed by atoms with Gasteiger partial charge in [0.15, 0.2) is 17.2 Å². The maximum absolute atomic E-state index is 13.9. The summed E-state index contributed by atoms with van der Waals surface area (Å²) in [4.78, 5) is 12.9. The fraction of sp³-hybridized carbons (Fsp3) is 0.304. The zero-order valence-electron chi connectivity index (χ0n) is 18.4. The molecule has 3 aromatic rings. The number of amides is 1. The zero-order chi connectivity index (χ0) is 23.6. The molecule has 2 aromatic carbocycles. The first-order valence-electron chi connectivity index (χ1n) is 9.82. The monoisotopic (exact) mass is 447 g/mol. The van der Waals surface area contributed by atoms with E-state index < -0.39 is 29.4 Å². The molecule has 0 saturated heterocycles. The minimum Gasteiger partial charge on any atom is -0.493 e. The van der Waals surface area contributed by atoms with Crippen LogP contribution in [0.1, 0.15) is 45.7 Å². The van der Waals surface area contributed by atoms with Crippen molar-refractivity contribution in [1.82, 2.24) is 15.1 Å². The minimum atomic E-state index is -4.78. The predicted molar refractivity (Wildman–Crippen MR) is 113 cm³/mol. The van der Waals surface area contributed by atoms with Gasteiger partial charge in [0.1, 0.15) is 0 Å². The number of benzene rings is 2. The summed E-state index contributed by atoms with van der Waals surface area (Å²) in [5.74, 6) is 0.0979. The molecule has 0 aliphatic rings. The number of aromatic nitrogens is 2. The molecule has 1 atom stereocenters. The molecule has 6 nitrogen and oxygen atoms in total. The van der Waals surface area contributed by atoms with E-state index in [1.165, 1.54) is 26.4 Å². The van der Waals surface area contributed by atoms with Gasteiger partial charge in [-0.15, -0.1) is 0 Å². The Bertz CT molecular complexity index is 1120. The molecule has 0 bridgehead atoms. The molecule has 0 saturated carbocycles. The molecule has 3 rings (SSSR count). The van der Waals surface area contributed by atoms with E-state index in [0.29, 0.717) is 17.1 Å². The Morgan fingerprint density at radius 1 is 1.06 bits per heavy atom. The maximum atomic E-state index is 13.9. The fourth-order valence-corrected chi connectivity index (χ4v) is 3.48. The van der Waals surface area contributed by atoms with Crippen molar-refractivity contribution in [1.29, 1.82) is 0 Å². The van der Waals surface area contributed by atoms with Crippen molar-refractivity contribution in [2.24, 2.45) is 0 Å². The number of aryl methyl sites for hydroxylation is 2. The number of hydrogen-bond donors (Lipinski definition) is 1. The van der Waals surface area contributed by atoms with Crippen molar-refractivity contribution >= 4 is 5.91 Å². The Morgan fingerprint density at radius 2 is 1.66 bits per heavy atom. The van der Waals surface area contributed by atoms with Gasteiger partial charge in [-0.05, 0) is 56.2 Å². The third kappa shape index (κ3) is 4.56. The molecule has 0 fully saturated rings. The first kappa shape index (κ1) is 23.2.